The summed E-state index contributed by atoms with van der Waals surface area (Å²) in [5.74, 6) is 0.743. The molecule has 3 rings (SSSR count). The van der Waals surface area contributed by atoms with Crippen LogP contribution in [0.15, 0.2) is 43.0 Å². The quantitative estimate of drug-likeness (QED) is 0.811. The van der Waals surface area contributed by atoms with E-state index in [1.165, 1.54) is 11.9 Å². The lowest BCUT2D eigenvalue weighted by atomic mass is 10.1. The fourth-order valence-electron chi connectivity index (χ4n) is 2.49. The molecule has 5 heteroatoms. The zero-order valence-electron chi connectivity index (χ0n) is 11.3. The van der Waals surface area contributed by atoms with Crippen LogP contribution in [0.4, 0.5) is 0 Å². The molecule has 104 valence electrons. The van der Waals surface area contributed by atoms with Gasteiger partial charge in [-0.3, -0.25) is 9.48 Å². The van der Waals surface area contributed by atoms with Gasteiger partial charge in [-0.2, -0.15) is 5.10 Å². The van der Waals surface area contributed by atoms with Crippen molar-refractivity contribution < 1.29 is 4.79 Å². The number of hydrogen-bond donors (Lipinski definition) is 1. The first-order valence-electron chi connectivity index (χ1n) is 6.99. The van der Waals surface area contributed by atoms with Gasteiger partial charge >= 0.3 is 0 Å². The minimum absolute atomic E-state index is 0.156. The van der Waals surface area contributed by atoms with Crippen molar-refractivity contribution in [2.45, 2.75) is 25.3 Å². The summed E-state index contributed by atoms with van der Waals surface area (Å²) in [6.45, 7) is 1.48. The molecule has 1 aliphatic carbocycles. The number of aromatic nitrogens is 3. The van der Waals surface area contributed by atoms with E-state index in [1.807, 2.05) is 18.2 Å². The van der Waals surface area contributed by atoms with Crippen molar-refractivity contribution in [3.05, 3.63) is 48.5 Å². The lowest BCUT2D eigenvalue weighted by molar-refractivity contribution is -0.122. The summed E-state index contributed by atoms with van der Waals surface area (Å²) in [4.78, 5) is 15.9. The summed E-state index contributed by atoms with van der Waals surface area (Å²) in [6, 6.07) is 10.3. The van der Waals surface area contributed by atoms with Crippen LogP contribution in [0.1, 0.15) is 24.3 Å². The highest BCUT2D eigenvalue weighted by Gasteiger charge is 2.43. The lowest BCUT2D eigenvalue weighted by Crippen LogP contribution is -2.27. The van der Waals surface area contributed by atoms with Crippen LogP contribution < -0.4 is 5.32 Å². The molecule has 1 N–H and O–H groups in total. The molecular formula is C15H18N4O. The topological polar surface area (TPSA) is 59.8 Å². The summed E-state index contributed by atoms with van der Waals surface area (Å²) in [5, 5.41) is 7.03. The fourth-order valence-corrected chi connectivity index (χ4v) is 2.49. The number of nitrogens with one attached hydrogen (secondary N) is 1. The Labute approximate surface area is 118 Å². The third-order valence-corrected chi connectivity index (χ3v) is 3.68. The predicted octanol–water partition coefficient (Wildman–Crippen LogP) is 1.59. The SMILES string of the molecule is O=C(NCCCn1cncn1)[C@@H]1C[C@H]1c1ccccc1. The van der Waals surface area contributed by atoms with E-state index in [2.05, 4.69) is 27.5 Å². The molecule has 2 atom stereocenters. The standard InChI is InChI=1S/C15H18N4O/c20-15(17-7-4-8-19-11-16-10-18-19)14-9-13(14)12-5-2-1-3-6-12/h1-3,5-6,10-11,13-14H,4,7-9H2,(H,17,20)/t13-,14+/m0/s1. The summed E-state index contributed by atoms with van der Waals surface area (Å²) >= 11 is 0. The van der Waals surface area contributed by atoms with E-state index in [0.717, 1.165) is 19.4 Å². The van der Waals surface area contributed by atoms with Gasteiger partial charge in [0.25, 0.3) is 0 Å². The first-order valence-corrected chi connectivity index (χ1v) is 6.99. The van der Waals surface area contributed by atoms with Crippen LogP contribution in [-0.2, 0) is 11.3 Å². The Balaban J connectivity index is 1.38. The van der Waals surface area contributed by atoms with E-state index in [-0.39, 0.29) is 11.8 Å². The van der Waals surface area contributed by atoms with Crippen molar-refractivity contribution in [1.82, 2.24) is 20.1 Å². The number of nitrogens with zero attached hydrogens (tertiary/aromatic N) is 3. The molecule has 1 saturated carbocycles. The average molecular weight is 270 g/mol. The van der Waals surface area contributed by atoms with E-state index in [1.54, 1.807) is 11.0 Å². The smallest absolute Gasteiger partial charge is 0.223 e. The minimum Gasteiger partial charge on any atom is -0.356 e. The highest BCUT2D eigenvalue weighted by atomic mass is 16.2. The summed E-state index contributed by atoms with van der Waals surface area (Å²) < 4.78 is 1.77. The summed E-state index contributed by atoms with van der Waals surface area (Å²) in [5.41, 5.74) is 1.27. The predicted molar refractivity (Wildman–Crippen MR) is 74.9 cm³/mol. The van der Waals surface area contributed by atoms with Gasteiger partial charge in [-0.1, -0.05) is 30.3 Å². The van der Waals surface area contributed by atoms with Crippen LogP contribution in [0.5, 0.6) is 0 Å². The van der Waals surface area contributed by atoms with E-state index < -0.39 is 0 Å². The molecule has 1 heterocycles. The Bertz CT molecular complexity index is 553. The van der Waals surface area contributed by atoms with Crippen molar-refractivity contribution >= 4 is 5.91 Å². The van der Waals surface area contributed by atoms with Crippen LogP contribution in [0.2, 0.25) is 0 Å². The van der Waals surface area contributed by atoms with Crippen LogP contribution in [0.25, 0.3) is 0 Å². The van der Waals surface area contributed by atoms with E-state index in [4.69, 9.17) is 0 Å². The fraction of sp³-hybridized carbons (Fsp3) is 0.400. The maximum atomic E-state index is 12.0. The molecule has 0 radical (unpaired) electrons. The Kier molecular flexibility index (Phi) is 3.76. The molecule has 0 spiro atoms. The van der Waals surface area contributed by atoms with E-state index >= 15 is 0 Å². The zero-order chi connectivity index (χ0) is 13.8. The largest absolute Gasteiger partial charge is 0.356 e. The first-order chi connectivity index (χ1) is 9.84. The van der Waals surface area contributed by atoms with Crippen LogP contribution in [-0.4, -0.2) is 27.2 Å². The molecule has 1 amide bonds. The van der Waals surface area contributed by atoms with E-state index in [0.29, 0.717) is 12.5 Å². The van der Waals surface area contributed by atoms with Gasteiger partial charge in [0.1, 0.15) is 12.7 Å². The third-order valence-electron chi connectivity index (χ3n) is 3.68. The van der Waals surface area contributed by atoms with Gasteiger partial charge in [0.15, 0.2) is 0 Å². The molecule has 1 aromatic heterocycles. The number of carbonyl (C=O) groups excluding carboxylic acids is 1. The van der Waals surface area contributed by atoms with Gasteiger partial charge in [-0.05, 0) is 24.3 Å². The Morgan fingerprint density at radius 1 is 1.35 bits per heavy atom. The summed E-state index contributed by atoms with van der Waals surface area (Å²) in [7, 11) is 0. The second-order valence-electron chi connectivity index (χ2n) is 5.16. The summed E-state index contributed by atoms with van der Waals surface area (Å²) in [6.07, 6.45) is 5.05. The average Bonchev–Trinajstić information content (AvgIpc) is 3.13. The molecule has 1 aliphatic rings. The van der Waals surface area contributed by atoms with Crippen molar-refractivity contribution in [2.75, 3.05) is 6.54 Å². The molecule has 5 nitrogen and oxygen atoms in total. The second-order valence-corrected chi connectivity index (χ2v) is 5.16. The Morgan fingerprint density at radius 3 is 2.95 bits per heavy atom. The van der Waals surface area contributed by atoms with Crippen molar-refractivity contribution in [3.63, 3.8) is 0 Å². The normalized spacial score (nSPS) is 20.6. The van der Waals surface area contributed by atoms with Gasteiger partial charge in [0.2, 0.25) is 5.91 Å². The Hall–Kier alpha value is -2.17. The molecule has 1 aromatic carbocycles. The number of hydrogen-bond acceptors (Lipinski definition) is 3. The molecule has 0 unspecified atom stereocenters. The molecule has 0 bridgehead atoms. The van der Waals surface area contributed by atoms with Gasteiger partial charge in [0.05, 0.1) is 0 Å². The van der Waals surface area contributed by atoms with Crippen molar-refractivity contribution in [1.29, 1.82) is 0 Å². The van der Waals surface area contributed by atoms with Gasteiger partial charge in [0, 0.05) is 19.0 Å². The van der Waals surface area contributed by atoms with Gasteiger partial charge < -0.3 is 5.32 Å². The lowest BCUT2D eigenvalue weighted by Gasteiger charge is -2.05. The molecular weight excluding hydrogens is 252 g/mol. The van der Waals surface area contributed by atoms with Crippen molar-refractivity contribution in [3.8, 4) is 0 Å². The number of carbonyl (C=O) groups is 1. The number of rotatable bonds is 6. The zero-order valence-corrected chi connectivity index (χ0v) is 11.3. The molecule has 20 heavy (non-hydrogen) atoms. The van der Waals surface area contributed by atoms with Crippen LogP contribution in [0, 0.1) is 5.92 Å². The van der Waals surface area contributed by atoms with Crippen molar-refractivity contribution in [2.24, 2.45) is 5.92 Å². The maximum Gasteiger partial charge on any atom is 0.223 e. The maximum absolute atomic E-state index is 12.0. The first kappa shape index (κ1) is 12.8. The van der Waals surface area contributed by atoms with Crippen LogP contribution in [0.3, 0.4) is 0 Å². The Morgan fingerprint density at radius 2 is 2.20 bits per heavy atom. The molecule has 2 aromatic rings. The number of aryl methyl sites for hydroxylation is 1. The third kappa shape index (κ3) is 3.04. The van der Waals surface area contributed by atoms with Crippen LogP contribution >= 0.6 is 0 Å². The van der Waals surface area contributed by atoms with Gasteiger partial charge in [-0.15, -0.1) is 0 Å². The molecule has 0 aliphatic heterocycles. The minimum atomic E-state index is 0.156. The van der Waals surface area contributed by atoms with E-state index in [9.17, 15) is 4.79 Å². The second kappa shape index (κ2) is 5.86. The van der Waals surface area contributed by atoms with Gasteiger partial charge in [-0.25, -0.2) is 4.98 Å². The molecule has 0 saturated heterocycles. The highest BCUT2D eigenvalue weighted by molar-refractivity contribution is 5.82. The monoisotopic (exact) mass is 270 g/mol. The number of amides is 1. The number of benzene rings is 1. The molecule has 1 fully saturated rings. The highest BCUT2D eigenvalue weighted by Crippen LogP contribution is 2.47.